The highest BCUT2D eigenvalue weighted by Gasteiger charge is 2.21. The third kappa shape index (κ3) is 5.50. The molecule has 2 aromatic rings. The number of rotatable bonds is 7. The van der Waals surface area contributed by atoms with Crippen LogP contribution < -0.4 is 20.3 Å². The molecule has 3 amide bonds. The minimum atomic E-state index is -2.94. The molecule has 2 N–H and O–H groups in total. The van der Waals surface area contributed by atoms with Crippen LogP contribution in [0.25, 0.3) is 0 Å². The van der Waals surface area contributed by atoms with Crippen molar-refractivity contribution in [2.75, 3.05) is 23.3 Å². The first kappa shape index (κ1) is 20.2. The molecule has 152 valence electrons. The van der Waals surface area contributed by atoms with Gasteiger partial charge >= 0.3 is 6.61 Å². The molecule has 0 radical (unpaired) electrons. The second-order valence-electron chi connectivity index (χ2n) is 6.33. The van der Waals surface area contributed by atoms with Crippen molar-refractivity contribution in [3.05, 3.63) is 54.1 Å². The normalized spacial score (nSPS) is 13.5. The first-order valence-electron chi connectivity index (χ1n) is 8.96. The third-order valence-corrected chi connectivity index (χ3v) is 4.29. The molecular formula is C20H19F2N3O4. The van der Waals surface area contributed by atoms with Gasteiger partial charge in [-0.15, -0.1) is 0 Å². The number of nitrogens with one attached hydrogen (secondary N) is 2. The van der Waals surface area contributed by atoms with Crippen LogP contribution in [0.2, 0.25) is 0 Å². The van der Waals surface area contributed by atoms with Gasteiger partial charge in [-0.2, -0.15) is 8.78 Å². The Balaban J connectivity index is 1.48. The van der Waals surface area contributed by atoms with Gasteiger partial charge in [0.15, 0.2) is 0 Å². The fraction of sp³-hybridized carbons (Fsp3) is 0.250. The summed E-state index contributed by atoms with van der Waals surface area (Å²) < 4.78 is 28.5. The molecule has 9 heteroatoms. The van der Waals surface area contributed by atoms with Gasteiger partial charge in [0.25, 0.3) is 5.91 Å². The van der Waals surface area contributed by atoms with Crippen molar-refractivity contribution in [1.82, 2.24) is 5.32 Å². The summed E-state index contributed by atoms with van der Waals surface area (Å²) in [5, 5.41) is 5.10. The van der Waals surface area contributed by atoms with Crippen molar-refractivity contribution in [2.45, 2.75) is 19.5 Å². The molecule has 1 heterocycles. The van der Waals surface area contributed by atoms with Crippen LogP contribution in [0.5, 0.6) is 5.75 Å². The lowest BCUT2D eigenvalue weighted by Crippen LogP contribution is -2.32. The van der Waals surface area contributed by atoms with E-state index in [0.717, 1.165) is 12.1 Å². The number of hydrogen-bond acceptors (Lipinski definition) is 4. The molecule has 1 saturated heterocycles. The lowest BCUT2D eigenvalue weighted by Gasteiger charge is -2.16. The summed E-state index contributed by atoms with van der Waals surface area (Å²) in [6, 6.07) is 12.0. The van der Waals surface area contributed by atoms with Crippen LogP contribution in [-0.4, -0.2) is 37.4 Å². The Morgan fingerprint density at radius 3 is 2.34 bits per heavy atom. The van der Waals surface area contributed by atoms with E-state index in [1.165, 1.54) is 24.3 Å². The molecule has 2 aromatic carbocycles. The lowest BCUT2D eigenvalue weighted by atomic mass is 10.2. The van der Waals surface area contributed by atoms with E-state index < -0.39 is 18.4 Å². The number of halogens is 2. The smallest absolute Gasteiger partial charge is 0.387 e. The van der Waals surface area contributed by atoms with E-state index in [2.05, 4.69) is 15.4 Å². The number of anilines is 2. The van der Waals surface area contributed by atoms with Crippen molar-refractivity contribution in [1.29, 1.82) is 0 Å². The van der Waals surface area contributed by atoms with Gasteiger partial charge < -0.3 is 20.3 Å². The summed E-state index contributed by atoms with van der Waals surface area (Å²) in [6.45, 7) is -2.52. The molecule has 0 spiro atoms. The molecule has 0 aliphatic carbocycles. The summed E-state index contributed by atoms with van der Waals surface area (Å²) in [6.07, 6.45) is 1.37. The molecule has 7 nitrogen and oxygen atoms in total. The zero-order chi connectivity index (χ0) is 20.8. The molecule has 1 fully saturated rings. The van der Waals surface area contributed by atoms with Gasteiger partial charge in [0.1, 0.15) is 5.75 Å². The van der Waals surface area contributed by atoms with Crippen LogP contribution in [0, 0.1) is 0 Å². The average Bonchev–Trinajstić information content (AvgIpc) is 3.13. The minimum absolute atomic E-state index is 0.0617. The first-order chi connectivity index (χ1) is 13.9. The molecule has 0 bridgehead atoms. The fourth-order valence-electron chi connectivity index (χ4n) is 2.90. The molecule has 0 aromatic heterocycles. The molecule has 1 aliphatic rings. The Labute approximate surface area is 165 Å². The number of alkyl halides is 2. The van der Waals surface area contributed by atoms with Gasteiger partial charge in [-0.3, -0.25) is 14.4 Å². The number of benzene rings is 2. The molecule has 0 saturated carbocycles. The quantitative estimate of drug-likeness (QED) is 0.744. The molecular weight excluding hydrogens is 384 g/mol. The first-order valence-corrected chi connectivity index (χ1v) is 8.96. The van der Waals surface area contributed by atoms with Gasteiger partial charge in [-0.25, -0.2) is 0 Å². The van der Waals surface area contributed by atoms with Crippen LogP contribution in [0.1, 0.15) is 23.2 Å². The van der Waals surface area contributed by atoms with Crippen molar-refractivity contribution >= 4 is 29.1 Å². The van der Waals surface area contributed by atoms with Crippen LogP contribution >= 0.6 is 0 Å². The maximum atomic E-state index is 12.1. The number of ether oxygens (including phenoxy) is 1. The highest BCUT2D eigenvalue weighted by molar-refractivity contribution is 5.99. The van der Waals surface area contributed by atoms with E-state index in [1.807, 2.05) is 0 Å². The molecule has 29 heavy (non-hydrogen) atoms. The fourth-order valence-corrected chi connectivity index (χ4v) is 2.90. The van der Waals surface area contributed by atoms with E-state index in [1.54, 1.807) is 29.2 Å². The Kier molecular flexibility index (Phi) is 6.38. The maximum Gasteiger partial charge on any atom is 0.387 e. The number of carbonyl (C=O) groups is 3. The number of hydrogen-bond donors (Lipinski definition) is 2. The predicted molar refractivity (Wildman–Crippen MR) is 102 cm³/mol. The summed E-state index contributed by atoms with van der Waals surface area (Å²) in [7, 11) is 0. The Morgan fingerprint density at radius 2 is 1.76 bits per heavy atom. The summed E-state index contributed by atoms with van der Waals surface area (Å²) in [4.78, 5) is 37.5. The average molecular weight is 403 g/mol. The van der Waals surface area contributed by atoms with Gasteiger partial charge in [-0.1, -0.05) is 0 Å². The highest BCUT2D eigenvalue weighted by atomic mass is 19.3. The van der Waals surface area contributed by atoms with E-state index in [9.17, 15) is 23.2 Å². The van der Waals surface area contributed by atoms with Gasteiger partial charge in [-0.05, 0) is 55.0 Å². The van der Waals surface area contributed by atoms with E-state index in [-0.39, 0.29) is 23.8 Å². The zero-order valence-corrected chi connectivity index (χ0v) is 15.4. The van der Waals surface area contributed by atoms with Gasteiger partial charge in [0, 0.05) is 29.9 Å². The van der Waals surface area contributed by atoms with Crippen molar-refractivity contribution in [3.63, 3.8) is 0 Å². The van der Waals surface area contributed by atoms with Crippen LogP contribution in [0.4, 0.5) is 20.2 Å². The largest absolute Gasteiger partial charge is 0.435 e. The zero-order valence-electron chi connectivity index (χ0n) is 15.4. The van der Waals surface area contributed by atoms with Crippen LogP contribution in [-0.2, 0) is 9.59 Å². The third-order valence-electron chi connectivity index (χ3n) is 4.29. The van der Waals surface area contributed by atoms with Crippen LogP contribution in [0.15, 0.2) is 48.5 Å². The van der Waals surface area contributed by atoms with Gasteiger partial charge in [0.05, 0.1) is 6.54 Å². The van der Waals surface area contributed by atoms with Crippen LogP contribution in [0.3, 0.4) is 0 Å². The van der Waals surface area contributed by atoms with Crippen molar-refractivity contribution in [3.8, 4) is 5.75 Å². The van der Waals surface area contributed by atoms with E-state index >= 15 is 0 Å². The number of amides is 3. The maximum absolute atomic E-state index is 12.1. The van der Waals surface area contributed by atoms with Crippen molar-refractivity contribution < 1.29 is 27.9 Å². The Bertz CT molecular complexity index is 886. The molecule has 1 aliphatic heterocycles. The topological polar surface area (TPSA) is 87.7 Å². The molecule has 0 atom stereocenters. The second-order valence-corrected chi connectivity index (χ2v) is 6.33. The summed E-state index contributed by atoms with van der Waals surface area (Å²) in [5.41, 5.74) is 1.52. The van der Waals surface area contributed by atoms with Crippen molar-refractivity contribution in [2.24, 2.45) is 0 Å². The Hall–Kier alpha value is -3.49. The summed E-state index contributed by atoms with van der Waals surface area (Å²) >= 11 is 0. The SMILES string of the molecule is O=C(CNC(=O)c1ccc(OC(F)F)cc1)Nc1ccc(N2CCCC2=O)cc1. The van der Waals surface area contributed by atoms with Gasteiger partial charge in [0.2, 0.25) is 11.8 Å². The number of nitrogens with zero attached hydrogens (tertiary/aromatic N) is 1. The predicted octanol–water partition coefficient (Wildman–Crippen LogP) is 2.78. The van der Waals surface area contributed by atoms with E-state index in [0.29, 0.717) is 18.7 Å². The standard InChI is InChI=1S/C20H19F2N3O4/c21-20(22)29-16-9-3-13(4-10-16)19(28)23-12-17(26)24-14-5-7-15(8-6-14)25-11-1-2-18(25)27/h3-10,20H,1-2,11-12H2,(H,23,28)(H,24,26). The minimum Gasteiger partial charge on any atom is -0.435 e. The molecule has 0 unspecified atom stereocenters. The summed E-state index contributed by atoms with van der Waals surface area (Å²) in [5.74, 6) is -0.931. The highest BCUT2D eigenvalue weighted by Crippen LogP contribution is 2.23. The number of carbonyl (C=O) groups excluding carboxylic acids is 3. The lowest BCUT2D eigenvalue weighted by molar-refractivity contribution is -0.117. The second kappa shape index (κ2) is 9.13. The monoisotopic (exact) mass is 403 g/mol. The Morgan fingerprint density at radius 1 is 1.07 bits per heavy atom. The molecule has 3 rings (SSSR count). The van der Waals surface area contributed by atoms with E-state index in [4.69, 9.17) is 0 Å².